The van der Waals surface area contributed by atoms with E-state index in [0.29, 0.717) is 0 Å². The fourth-order valence-corrected chi connectivity index (χ4v) is 0.598. The Morgan fingerprint density at radius 2 is 2.50 bits per heavy atom. The number of carbonyl (C=O) groups excluding carboxylic acids is 1. The van der Waals surface area contributed by atoms with E-state index in [1.807, 2.05) is 0 Å². The number of aliphatic imine (C=N–C) groups is 1. The highest BCUT2D eigenvalue weighted by atomic mass is 35.5. The van der Waals surface area contributed by atoms with E-state index in [1.165, 1.54) is 6.08 Å². The van der Waals surface area contributed by atoms with Gasteiger partial charge in [0.1, 0.15) is 6.04 Å². The molecule has 2 nitrogen and oxygen atoms in total. The van der Waals surface area contributed by atoms with E-state index >= 15 is 0 Å². The molecule has 0 radical (unpaired) electrons. The van der Waals surface area contributed by atoms with Gasteiger partial charge in [-0.05, 0) is 0 Å². The van der Waals surface area contributed by atoms with Crippen LogP contribution >= 0.6 is 11.6 Å². The summed E-state index contributed by atoms with van der Waals surface area (Å²) in [4.78, 5) is 12.5. The Hall–Kier alpha value is -0.400. The summed E-state index contributed by atoms with van der Waals surface area (Å²) in [5, 5.41) is -1.74. The van der Waals surface area contributed by atoms with E-state index in [-0.39, 0.29) is 6.42 Å². The summed E-state index contributed by atoms with van der Waals surface area (Å²) >= 11 is 5.05. The molecule has 0 aromatic carbocycles. The van der Waals surface area contributed by atoms with Gasteiger partial charge in [0.15, 0.2) is 0 Å². The molecular weight excluding hydrogens is 133 g/mol. The maximum absolute atomic E-state index is 12.1. The minimum atomic E-state index is -1.74. The van der Waals surface area contributed by atoms with Crippen molar-refractivity contribution in [2.75, 3.05) is 0 Å². The van der Waals surface area contributed by atoms with Crippen LogP contribution < -0.4 is 0 Å². The summed E-state index contributed by atoms with van der Waals surface area (Å²) in [5.41, 5.74) is 0. The quantitative estimate of drug-likeness (QED) is 0.300. The molecule has 0 aliphatic heterocycles. The van der Waals surface area contributed by atoms with Gasteiger partial charge in [-0.25, -0.2) is 9.18 Å². The molecule has 8 heavy (non-hydrogen) atoms. The number of alkyl halides is 2. The van der Waals surface area contributed by atoms with Crippen LogP contribution in [0.4, 0.5) is 4.39 Å². The number of rotatable bonds is 1. The molecule has 1 aliphatic rings. The summed E-state index contributed by atoms with van der Waals surface area (Å²) < 4.78 is 12.1. The highest BCUT2D eigenvalue weighted by molar-refractivity contribution is 6.25. The molecule has 0 heterocycles. The molecule has 4 heteroatoms. The van der Waals surface area contributed by atoms with Crippen LogP contribution in [-0.2, 0) is 4.79 Å². The Bertz CT molecular complexity index is 152. The molecule has 0 spiro atoms. The minimum absolute atomic E-state index is 0.143. The lowest BCUT2D eigenvalue weighted by molar-refractivity contribution is 0.416. The van der Waals surface area contributed by atoms with Gasteiger partial charge in [0.05, 0.1) is 0 Å². The smallest absolute Gasteiger partial charge is 0.224 e. The third kappa shape index (κ3) is 0.881. The van der Waals surface area contributed by atoms with E-state index in [0.717, 1.165) is 0 Å². The van der Waals surface area contributed by atoms with Gasteiger partial charge >= 0.3 is 0 Å². The van der Waals surface area contributed by atoms with E-state index in [2.05, 4.69) is 4.99 Å². The van der Waals surface area contributed by atoms with Gasteiger partial charge in [-0.3, -0.25) is 0 Å². The van der Waals surface area contributed by atoms with Gasteiger partial charge in [0, 0.05) is 6.42 Å². The number of hydrogen-bond acceptors (Lipinski definition) is 2. The Labute approximate surface area is 50.4 Å². The van der Waals surface area contributed by atoms with Gasteiger partial charge in [-0.2, -0.15) is 4.99 Å². The average molecular weight is 136 g/mol. The lowest BCUT2D eigenvalue weighted by atomic mass is 10.7. The Morgan fingerprint density at radius 1 is 2.00 bits per heavy atom. The first-order chi connectivity index (χ1) is 3.67. The first-order valence-electron chi connectivity index (χ1n) is 2.11. The molecule has 0 saturated heterocycles. The Balaban J connectivity index is 2.48. The van der Waals surface area contributed by atoms with Gasteiger partial charge in [0.2, 0.25) is 11.2 Å². The number of nitrogens with zero attached hydrogens (tertiary/aromatic N) is 1. The summed E-state index contributed by atoms with van der Waals surface area (Å²) in [5.74, 6) is 0. The van der Waals surface area contributed by atoms with Crippen molar-refractivity contribution in [2.45, 2.75) is 17.6 Å². The second kappa shape index (κ2) is 1.54. The maximum atomic E-state index is 12.1. The van der Waals surface area contributed by atoms with Crippen LogP contribution in [0.5, 0.6) is 0 Å². The number of isocyanates is 1. The lowest BCUT2D eigenvalue weighted by Gasteiger charge is -1.83. The van der Waals surface area contributed by atoms with Gasteiger partial charge in [0.25, 0.3) is 0 Å². The normalized spacial score (nSPS) is 43.0. The molecule has 0 N–H and O–H groups in total. The molecule has 0 amide bonds. The first-order valence-corrected chi connectivity index (χ1v) is 2.49. The summed E-state index contributed by atoms with van der Waals surface area (Å²) in [6.07, 6.45) is 1.38. The number of halogens is 2. The van der Waals surface area contributed by atoms with Crippen molar-refractivity contribution in [3.8, 4) is 0 Å². The standard InChI is InChI=1S/C4H3ClFNO/c5-4(6)1-3(4)7-2-8/h3H,1H2. The molecule has 1 rings (SSSR count). The van der Waals surface area contributed by atoms with Gasteiger partial charge in [-0.1, -0.05) is 11.6 Å². The van der Waals surface area contributed by atoms with E-state index in [4.69, 9.17) is 11.6 Å². The van der Waals surface area contributed by atoms with Crippen LogP contribution in [0.2, 0.25) is 0 Å². The van der Waals surface area contributed by atoms with Gasteiger partial charge in [-0.15, -0.1) is 0 Å². The SMILES string of the molecule is O=C=NC1CC1(F)Cl. The molecule has 2 unspecified atom stereocenters. The van der Waals surface area contributed by atoms with Gasteiger partial charge < -0.3 is 0 Å². The predicted molar refractivity (Wildman–Crippen MR) is 26.2 cm³/mol. The molecule has 0 aromatic heterocycles. The van der Waals surface area contributed by atoms with E-state index in [9.17, 15) is 9.18 Å². The highest BCUT2D eigenvalue weighted by Gasteiger charge is 2.55. The summed E-state index contributed by atoms with van der Waals surface area (Å²) in [6, 6.07) is -0.637. The average Bonchev–Trinajstić information content (AvgIpc) is 2.15. The van der Waals surface area contributed by atoms with Crippen molar-refractivity contribution < 1.29 is 9.18 Å². The fourth-order valence-electron chi connectivity index (χ4n) is 0.403. The van der Waals surface area contributed by atoms with Crippen molar-refractivity contribution in [2.24, 2.45) is 4.99 Å². The van der Waals surface area contributed by atoms with Crippen molar-refractivity contribution in [1.29, 1.82) is 0 Å². The third-order valence-electron chi connectivity index (χ3n) is 1.00. The Kier molecular flexibility index (Phi) is 1.10. The zero-order valence-electron chi connectivity index (χ0n) is 3.90. The second-order valence-electron chi connectivity index (χ2n) is 1.70. The van der Waals surface area contributed by atoms with Crippen LogP contribution in [0.1, 0.15) is 6.42 Å². The first kappa shape index (κ1) is 5.73. The van der Waals surface area contributed by atoms with Crippen molar-refractivity contribution in [1.82, 2.24) is 0 Å². The third-order valence-corrected chi connectivity index (χ3v) is 1.41. The van der Waals surface area contributed by atoms with E-state index in [1.54, 1.807) is 0 Å². The molecule has 2 atom stereocenters. The van der Waals surface area contributed by atoms with Crippen LogP contribution in [0.25, 0.3) is 0 Å². The fraction of sp³-hybridized carbons (Fsp3) is 0.750. The zero-order valence-corrected chi connectivity index (χ0v) is 4.65. The highest BCUT2D eigenvalue weighted by Crippen LogP contribution is 2.46. The largest absolute Gasteiger partial charge is 0.235 e. The van der Waals surface area contributed by atoms with Crippen LogP contribution in [0, 0.1) is 0 Å². The van der Waals surface area contributed by atoms with Crippen LogP contribution in [0.15, 0.2) is 4.99 Å². The summed E-state index contributed by atoms with van der Waals surface area (Å²) in [6.45, 7) is 0. The number of hydrogen-bond donors (Lipinski definition) is 0. The monoisotopic (exact) mass is 135 g/mol. The second-order valence-corrected chi connectivity index (χ2v) is 2.33. The molecule has 1 fully saturated rings. The van der Waals surface area contributed by atoms with Crippen LogP contribution in [-0.4, -0.2) is 17.2 Å². The topological polar surface area (TPSA) is 29.4 Å². The Morgan fingerprint density at radius 3 is 2.62 bits per heavy atom. The van der Waals surface area contributed by atoms with Crippen LogP contribution in [0.3, 0.4) is 0 Å². The van der Waals surface area contributed by atoms with Crippen molar-refractivity contribution in [3.05, 3.63) is 0 Å². The molecular formula is C4H3ClFNO. The predicted octanol–water partition coefficient (Wildman–Crippen LogP) is 0.999. The summed E-state index contributed by atoms with van der Waals surface area (Å²) in [7, 11) is 0. The molecule has 1 saturated carbocycles. The van der Waals surface area contributed by atoms with Crippen molar-refractivity contribution in [3.63, 3.8) is 0 Å². The minimum Gasteiger partial charge on any atom is -0.224 e. The molecule has 1 aliphatic carbocycles. The maximum Gasteiger partial charge on any atom is 0.235 e. The van der Waals surface area contributed by atoms with E-state index < -0.39 is 11.2 Å². The molecule has 0 aromatic rings. The molecule has 0 bridgehead atoms. The molecule has 44 valence electrons. The zero-order chi connectivity index (χ0) is 6.20. The lowest BCUT2D eigenvalue weighted by Crippen LogP contribution is -1.91. The van der Waals surface area contributed by atoms with Crippen molar-refractivity contribution >= 4 is 17.7 Å².